The summed E-state index contributed by atoms with van der Waals surface area (Å²) in [6.07, 6.45) is 2.45. The summed E-state index contributed by atoms with van der Waals surface area (Å²) < 4.78 is 0. The SMILES string of the molecule is CC(NC(=O)c1ccccc1Cl)C1CC1. The van der Waals surface area contributed by atoms with Crippen molar-refractivity contribution in [3.8, 4) is 0 Å². The fourth-order valence-corrected chi connectivity index (χ4v) is 1.87. The Morgan fingerprint density at radius 3 is 2.73 bits per heavy atom. The topological polar surface area (TPSA) is 29.1 Å². The van der Waals surface area contributed by atoms with Crippen molar-refractivity contribution in [3.05, 3.63) is 34.9 Å². The molecule has 1 aliphatic carbocycles. The largest absolute Gasteiger partial charge is 0.349 e. The molecule has 1 aromatic rings. The predicted octanol–water partition coefficient (Wildman–Crippen LogP) is 2.87. The van der Waals surface area contributed by atoms with Gasteiger partial charge in [0.25, 0.3) is 5.91 Å². The Morgan fingerprint density at radius 1 is 1.47 bits per heavy atom. The number of hydrogen-bond acceptors (Lipinski definition) is 1. The second-order valence-corrected chi connectivity index (χ2v) is 4.49. The first-order valence-electron chi connectivity index (χ1n) is 5.24. The summed E-state index contributed by atoms with van der Waals surface area (Å²) >= 11 is 5.94. The summed E-state index contributed by atoms with van der Waals surface area (Å²) in [6.45, 7) is 2.05. The van der Waals surface area contributed by atoms with Gasteiger partial charge in [0, 0.05) is 6.04 Å². The fraction of sp³-hybridized carbons (Fsp3) is 0.417. The zero-order valence-corrected chi connectivity index (χ0v) is 9.42. The quantitative estimate of drug-likeness (QED) is 0.839. The molecule has 0 aromatic heterocycles. The highest BCUT2D eigenvalue weighted by atomic mass is 35.5. The Kier molecular flexibility index (Phi) is 2.96. The van der Waals surface area contributed by atoms with Crippen molar-refractivity contribution in [1.29, 1.82) is 0 Å². The summed E-state index contributed by atoms with van der Waals surface area (Å²) in [5.74, 6) is 0.594. The second kappa shape index (κ2) is 4.23. The lowest BCUT2D eigenvalue weighted by Crippen LogP contribution is -2.34. The van der Waals surface area contributed by atoms with E-state index < -0.39 is 0 Å². The molecular formula is C12H14ClNO. The minimum atomic E-state index is -0.0694. The van der Waals surface area contributed by atoms with E-state index in [1.165, 1.54) is 12.8 Å². The van der Waals surface area contributed by atoms with Crippen LogP contribution >= 0.6 is 11.6 Å². The van der Waals surface area contributed by atoms with E-state index in [0.717, 1.165) is 0 Å². The smallest absolute Gasteiger partial charge is 0.253 e. The Balaban J connectivity index is 2.04. The molecule has 2 nitrogen and oxygen atoms in total. The van der Waals surface area contributed by atoms with Gasteiger partial charge in [0.15, 0.2) is 0 Å². The normalized spacial score (nSPS) is 17.2. The van der Waals surface area contributed by atoms with Gasteiger partial charge in [-0.3, -0.25) is 4.79 Å². The Morgan fingerprint density at radius 2 is 2.13 bits per heavy atom. The molecule has 1 N–H and O–H groups in total. The molecule has 1 aliphatic rings. The molecule has 0 radical (unpaired) electrons. The van der Waals surface area contributed by atoms with Gasteiger partial charge in [0.05, 0.1) is 10.6 Å². The number of halogens is 1. The zero-order chi connectivity index (χ0) is 10.8. The van der Waals surface area contributed by atoms with E-state index in [1.54, 1.807) is 12.1 Å². The van der Waals surface area contributed by atoms with E-state index in [-0.39, 0.29) is 11.9 Å². The van der Waals surface area contributed by atoms with Crippen molar-refractivity contribution in [2.75, 3.05) is 0 Å². The number of nitrogens with one attached hydrogen (secondary N) is 1. The van der Waals surface area contributed by atoms with Gasteiger partial charge in [0.2, 0.25) is 0 Å². The van der Waals surface area contributed by atoms with Gasteiger partial charge in [-0.15, -0.1) is 0 Å². The molecule has 0 saturated heterocycles. The number of carbonyl (C=O) groups excluding carboxylic acids is 1. The van der Waals surface area contributed by atoms with Crippen molar-refractivity contribution in [1.82, 2.24) is 5.32 Å². The standard InChI is InChI=1S/C12H14ClNO/c1-8(9-6-7-9)14-12(15)10-4-2-3-5-11(10)13/h2-5,8-9H,6-7H2,1H3,(H,14,15). The van der Waals surface area contributed by atoms with E-state index in [0.29, 0.717) is 16.5 Å². The van der Waals surface area contributed by atoms with Crippen molar-refractivity contribution >= 4 is 17.5 Å². The maximum Gasteiger partial charge on any atom is 0.253 e. The lowest BCUT2D eigenvalue weighted by atomic mass is 10.1. The molecule has 1 fully saturated rings. The molecule has 1 aromatic carbocycles. The van der Waals surface area contributed by atoms with Gasteiger partial charge in [-0.2, -0.15) is 0 Å². The van der Waals surface area contributed by atoms with Crippen LogP contribution in [0.2, 0.25) is 5.02 Å². The average molecular weight is 224 g/mol. The maximum absolute atomic E-state index is 11.8. The van der Waals surface area contributed by atoms with Crippen molar-refractivity contribution in [2.45, 2.75) is 25.8 Å². The van der Waals surface area contributed by atoms with Crippen molar-refractivity contribution < 1.29 is 4.79 Å². The third-order valence-corrected chi connectivity index (χ3v) is 3.14. The van der Waals surface area contributed by atoms with Crippen LogP contribution in [-0.4, -0.2) is 11.9 Å². The van der Waals surface area contributed by atoms with Gasteiger partial charge >= 0.3 is 0 Å². The maximum atomic E-state index is 11.8. The number of benzene rings is 1. The number of amides is 1. The number of hydrogen-bond donors (Lipinski definition) is 1. The van der Waals surface area contributed by atoms with E-state index in [1.807, 2.05) is 19.1 Å². The Labute approximate surface area is 94.6 Å². The summed E-state index contributed by atoms with van der Waals surface area (Å²) in [6, 6.07) is 7.38. The fourth-order valence-electron chi connectivity index (χ4n) is 1.64. The minimum absolute atomic E-state index is 0.0694. The first-order valence-corrected chi connectivity index (χ1v) is 5.61. The van der Waals surface area contributed by atoms with Crippen LogP contribution < -0.4 is 5.32 Å². The van der Waals surface area contributed by atoms with Crippen molar-refractivity contribution in [3.63, 3.8) is 0 Å². The third-order valence-electron chi connectivity index (χ3n) is 2.81. The zero-order valence-electron chi connectivity index (χ0n) is 8.66. The van der Waals surface area contributed by atoms with Gasteiger partial charge in [-0.25, -0.2) is 0 Å². The summed E-state index contributed by atoms with van der Waals surface area (Å²) in [4.78, 5) is 11.8. The summed E-state index contributed by atoms with van der Waals surface area (Å²) in [5.41, 5.74) is 0.562. The highest BCUT2D eigenvalue weighted by Crippen LogP contribution is 2.32. The summed E-state index contributed by atoms with van der Waals surface area (Å²) in [5, 5.41) is 3.49. The van der Waals surface area contributed by atoms with Crippen LogP contribution in [0.25, 0.3) is 0 Å². The molecule has 1 atom stereocenters. The monoisotopic (exact) mass is 223 g/mol. The molecule has 2 rings (SSSR count). The van der Waals surface area contributed by atoms with Gasteiger partial charge in [-0.1, -0.05) is 23.7 Å². The van der Waals surface area contributed by atoms with Gasteiger partial charge < -0.3 is 5.32 Å². The first kappa shape index (κ1) is 10.5. The molecule has 0 spiro atoms. The number of carbonyl (C=O) groups is 1. The van der Waals surface area contributed by atoms with E-state index >= 15 is 0 Å². The molecule has 15 heavy (non-hydrogen) atoms. The highest BCUT2D eigenvalue weighted by molar-refractivity contribution is 6.33. The molecule has 3 heteroatoms. The van der Waals surface area contributed by atoms with Crippen LogP contribution in [-0.2, 0) is 0 Å². The van der Waals surface area contributed by atoms with Crippen LogP contribution in [0.3, 0.4) is 0 Å². The first-order chi connectivity index (χ1) is 7.18. The molecule has 0 heterocycles. The summed E-state index contributed by atoms with van der Waals surface area (Å²) in [7, 11) is 0. The van der Waals surface area contributed by atoms with E-state index in [4.69, 9.17) is 11.6 Å². The van der Waals surface area contributed by atoms with Gasteiger partial charge in [0.1, 0.15) is 0 Å². The molecule has 0 bridgehead atoms. The Hall–Kier alpha value is -1.02. The molecule has 1 amide bonds. The third kappa shape index (κ3) is 2.51. The van der Waals surface area contributed by atoms with Crippen LogP contribution in [0.5, 0.6) is 0 Å². The van der Waals surface area contributed by atoms with Gasteiger partial charge in [-0.05, 0) is 37.8 Å². The molecule has 1 saturated carbocycles. The van der Waals surface area contributed by atoms with Crippen LogP contribution in [0.1, 0.15) is 30.1 Å². The van der Waals surface area contributed by atoms with E-state index in [9.17, 15) is 4.79 Å². The lowest BCUT2D eigenvalue weighted by molar-refractivity contribution is 0.0936. The molecule has 1 unspecified atom stereocenters. The minimum Gasteiger partial charge on any atom is -0.349 e. The molecule has 80 valence electrons. The predicted molar refractivity (Wildman–Crippen MR) is 61.1 cm³/mol. The molecular weight excluding hydrogens is 210 g/mol. The molecule has 0 aliphatic heterocycles. The second-order valence-electron chi connectivity index (χ2n) is 4.08. The highest BCUT2D eigenvalue weighted by Gasteiger charge is 2.29. The van der Waals surface area contributed by atoms with Crippen LogP contribution in [0, 0.1) is 5.92 Å². The van der Waals surface area contributed by atoms with Crippen LogP contribution in [0.15, 0.2) is 24.3 Å². The van der Waals surface area contributed by atoms with Crippen LogP contribution in [0.4, 0.5) is 0 Å². The van der Waals surface area contributed by atoms with Crippen molar-refractivity contribution in [2.24, 2.45) is 5.92 Å². The Bertz CT molecular complexity index is 374. The number of rotatable bonds is 3. The lowest BCUT2D eigenvalue weighted by Gasteiger charge is -2.13. The van der Waals surface area contributed by atoms with E-state index in [2.05, 4.69) is 5.32 Å². The average Bonchev–Trinajstić information content (AvgIpc) is 3.01.